The summed E-state index contributed by atoms with van der Waals surface area (Å²) in [5.74, 6) is -0.163. The molecule has 3 rings (SSSR count). The maximum Gasteiger partial charge on any atom is 0.251 e. The zero-order chi connectivity index (χ0) is 21.3. The van der Waals surface area contributed by atoms with Crippen LogP contribution in [0.1, 0.15) is 20.7 Å². The molecule has 0 unspecified atom stereocenters. The highest BCUT2D eigenvalue weighted by molar-refractivity contribution is 6.31. The average Bonchev–Trinajstić information content (AvgIpc) is 2.75. The van der Waals surface area contributed by atoms with Crippen LogP contribution in [0.2, 0.25) is 10.0 Å². The fraction of sp³-hybridized carbons (Fsp3) is 0.364. The van der Waals surface area contributed by atoms with Gasteiger partial charge in [-0.2, -0.15) is 0 Å². The van der Waals surface area contributed by atoms with Crippen molar-refractivity contribution in [2.45, 2.75) is 0 Å². The van der Waals surface area contributed by atoms with Gasteiger partial charge in [-0.1, -0.05) is 23.2 Å². The van der Waals surface area contributed by atoms with Crippen LogP contribution in [0.4, 0.5) is 0 Å². The van der Waals surface area contributed by atoms with E-state index in [4.69, 9.17) is 23.2 Å². The van der Waals surface area contributed by atoms with Crippen molar-refractivity contribution in [2.24, 2.45) is 0 Å². The molecule has 2 aromatic rings. The zero-order valence-electron chi connectivity index (χ0n) is 16.7. The van der Waals surface area contributed by atoms with E-state index in [0.717, 1.165) is 39.3 Å². The van der Waals surface area contributed by atoms with E-state index in [1.54, 1.807) is 48.5 Å². The SMILES string of the molecule is O=C(NCCN1CCN(CCNC(=O)c2ccc(Cl)cc2)CC1)c1ccc(Cl)cc1. The number of nitrogens with zero attached hydrogens (tertiary/aromatic N) is 2. The van der Waals surface area contributed by atoms with Crippen LogP contribution in [0.15, 0.2) is 48.5 Å². The van der Waals surface area contributed by atoms with Gasteiger partial charge in [0.1, 0.15) is 0 Å². The van der Waals surface area contributed by atoms with E-state index in [2.05, 4.69) is 20.4 Å². The van der Waals surface area contributed by atoms with E-state index in [1.807, 2.05) is 0 Å². The molecule has 2 amide bonds. The first kappa shape index (κ1) is 22.6. The third kappa shape index (κ3) is 6.99. The molecule has 1 aliphatic heterocycles. The second-order valence-electron chi connectivity index (χ2n) is 7.21. The number of hydrogen-bond acceptors (Lipinski definition) is 4. The van der Waals surface area contributed by atoms with Crippen molar-refractivity contribution in [1.29, 1.82) is 0 Å². The highest BCUT2D eigenvalue weighted by Crippen LogP contribution is 2.10. The van der Waals surface area contributed by atoms with Crippen LogP contribution in [0, 0.1) is 0 Å². The smallest absolute Gasteiger partial charge is 0.251 e. The monoisotopic (exact) mass is 448 g/mol. The quantitative estimate of drug-likeness (QED) is 0.651. The topological polar surface area (TPSA) is 64.7 Å². The van der Waals surface area contributed by atoms with E-state index in [0.29, 0.717) is 34.3 Å². The molecule has 0 radical (unpaired) electrons. The average molecular weight is 449 g/mol. The van der Waals surface area contributed by atoms with Crippen molar-refractivity contribution in [1.82, 2.24) is 20.4 Å². The first-order chi connectivity index (χ1) is 14.5. The van der Waals surface area contributed by atoms with Gasteiger partial charge in [-0.25, -0.2) is 0 Å². The number of carbonyl (C=O) groups is 2. The summed E-state index contributed by atoms with van der Waals surface area (Å²) in [6.45, 7) is 6.64. The van der Waals surface area contributed by atoms with Crippen molar-refractivity contribution in [3.05, 3.63) is 69.7 Å². The molecule has 0 aromatic heterocycles. The van der Waals surface area contributed by atoms with Gasteiger partial charge >= 0.3 is 0 Å². The van der Waals surface area contributed by atoms with Crippen molar-refractivity contribution in [3.8, 4) is 0 Å². The number of nitrogens with one attached hydrogen (secondary N) is 2. The summed E-state index contributed by atoms with van der Waals surface area (Å²) in [5, 5.41) is 7.14. The normalized spacial score (nSPS) is 15.0. The minimum absolute atomic E-state index is 0.0817. The molecule has 1 aliphatic rings. The van der Waals surface area contributed by atoms with Crippen LogP contribution in [0.25, 0.3) is 0 Å². The van der Waals surface area contributed by atoms with E-state index in [1.165, 1.54) is 0 Å². The summed E-state index contributed by atoms with van der Waals surface area (Å²) in [6.07, 6.45) is 0. The Labute approximate surface area is 187 Å². The maximum atomic E-state index is 12.1. The zero-order valence-corrected chi connectivity index (χ0v) is 18.3. The lowest BCUT2D eigenvalue weighted by Crippen LogP contribution is -2.50. The molecule has 1 saturated heterocycles. The Morgan fingerprint density at radius 2 is 1.00 bits per heavy atom. The Balaban J connectivity index is 1.28. The predicted molar refractivity (Wildman–Crippen MR) is 120 cm³/mol. The molecule has 0 bridgehead atoms. The minimum Gasteiger partial charge on any atom is -0.351 e. The van der Waals surface area contributed by atoms with Gasteiger partial charge in [0, 0.05) is 73.5 Å². The van der Waals surface area contributed by atoms with Crippen LogP contribution < -0.4 is 10.6 Å². The van der Waals surface area contributed by atoms with Crippen LogP contribution in [-0.2, 0) is 0 Å². The summed E-state index contributed by atoms with van der Waals surface area (Å²) < 4.78 is 0. The number of hydrogen-bond donors (Lipinski definition) is 2. The Morgan fingerprint density at radius 3 is 1.33 bits per heavy atom. The van der Waals surface area contributed by atoms with Crippen molar-refractivity contribution >= 4 is 35.0 Å². The van der Waals surface area contributed by atoms with Gasteiger partial charge < -0.3 is 10.6 Å². The number of amides is 2. The Hall–Kier alpha value is -2.12. The van der Waals surface area contributed by atoms with Gasteiger partial charge in [0.05, 0.1) is 0 Å². The molecule has 0 saturated carbocycles. The molecule has 1 fully saturated rings. The van der Waals surface area contributed by atoms with Crippen molar-refractivity contribution in [2.75, 3.05) is 52.4 Å². The summed E-state index contributed by atoms with van der Waals surface area (Å²) in [4.78, 5) is 28.9. The molecular weight excluding hydrogens is 423 g/mol. The number of benzene rings is 2. The summed E-state index contributed by atoms with van der Waals surface area (Å²) >= 11 is 11.7. The van der Waals surface area contributed by atoms with Gasteiger partial charge in [0.25, 0.3) is 11.8 Å². The third-order valence-corrected chi connectivity index (χ3v) is 5.61. The highest BCUT2D eigenvalue weighted by Gasteiger charge is 2.17. The molecule has 6 nitrogen and oxygen atoms in total. The molecule has 1 heterocycles. The Morgan fingerprint density at radius 1 is 0.667 bits per heavy atom. The summed E-state index contributed by atoms with van der Waals surface area (Å²) in [6, 6.07) is 13.8. The number of carbonyl (C=O) groups excluding carboxylic acids is 2. The second-order valence-corrected chi connectivity index (χ2v) is 8.08. The molecule has 0 atom stereocenters. The summed E-state index contributed by atoms with van der Waals surface area (Å²) in [7, 11) is 0. The fourth-order valence-electron chi connectivity index (χ4n) is 3.30. The van der Waals surface area contributed by atoms with Gasteiger partial charge in [0.15, 0.2) is 0 Å². The molecule has 0 aliphatic carbocycles. The van der Waals surface area contributed by atoms with Gasteiger partial charge in [-0.05, 0) is 48.5 Å². The molecular formula is C22H26Cl2N4O2. The first-order valence-corrected chi connectivity index (χ1v) is 10.8. The van der Waals surface area contributed by atoms with Gasteiger partial charge in [-0.15, -0.1) is 0 Å². The van der Waals surface area contributed by atoms with E-state index < -0.39 is 0 Å². The number of piperazine rings is 1. The minimum atomic E-state index is -0.0817. The number of halogens is 2. The van der Waals surface area contributed by atoms with E-state index >= 15 is 0 Å². The largest absolute Gasteiger partial charge is 0.351 e. The lowest BCUT2D eigenvalue weighted by atomic mass is 10.2. The van der Waals surface area contributed by atoms with Gasteiger partial charge in [-0.3, -0.25) is 19.4 Å². The van der Waals surface area contributed by atoms with Crippen LogP contribution in [0.5, 0.6) is 0 Å². The van der Waals surface area contributed by atoms with E-state index in [-0.39, 0.29) is 11.8 Å². The van der Waals surface area contributed by atoms with Crippen molar-refractivity contribution in [3.63, 3.8) is 0 Å². The van der Waals surface area contributed by atoms with E-state index in [9.17, 15) is 9.59 Å². The van der Waals surface area contributed by atoms with Gasteiger partial charge in [0.2, 0.25) is 0 Å². The molecule has 0 spiro atoms. The molecule has 8 heteroatoms. The Bertz CT molecular complexity index is 764. The molecule has 30 heavy (non-hydrogen) atoms. The number of rotatable bonds is 8. The summed E-state index contributed by atoms with van der Waals surface area (Å²) in [5.41, 5.74) is 1.23. The first-order valence-electron chi connectivity index (χ1n) is 10.0. The fourth-order valence-corrected chi connectivity index (χ4v) is 3.55. The maximum absolute atomic E-state index is 12.1. The van der Waals surface area contributed by atoms with Crippen LogP contribution in [-0.4, -0.2) is 74.0 Å². The third-order valence-electron chi connectivity index (χ3n) is 5.10. The van der Waals surface area contributed by atoms with Crippen LogP contribution in [0.3, 0.4) is 0 Å². The second kappa shape index (κ2) is 11.3. The predicted octanol–water partition coefficient (Wildman–Crippen LogP) is 2.77. The highest BCUT2D eigenvalue weighted by atomic mass is 35.5. The Kier molecular flexibility index (Phi) is 8.51. The standard InChI is InChI=1S/C22H26Cl2N4O2/c23-19-5-1-17(2-6-19)21(29)25-9-11-27-13-15-28(16-14-27)12-10-26-22(30)18-3-7-20(24)8-4-18/h1-8H,9-16H2,(H,25,29)(H,26,30). The molecule has 160 valence electrons. The lowest BCUT2D eigenvalue weighted by Gasteiger charge is -2.34. The molecule has 2 aromatic carbocycles. The lowest BCUT2D eigenvalue weighted by molar-refractivity contribution is 0.0915. The van der Waals surface area contributed by atoms with Crippen LogP contribution >= 0.6 is 23.2 Å². The molecule has 2 N–H and O–H groups in total. The van der Waals surface area contributed by atoms with Crippen molar-refractivity contribution < 1.29 is 9.59 Å².